The van der Waals surface area contributed by atoms with Crippen LogP contribution in [0.4, 0.5) is 11.5 Å². The van der Waals surface area contributed by atoms with E-state index in [0.29, 0.717) is 13.2 Å². The molecule has 2 N–H and O–H groups in total. The first-order valence-corrected chi connectivity index (χ1v) is 13.9. The summed E-state index contributed by atoms with van der Waals surface area (Å²) in [6.07, 6.45) is 8.47. The van der Waals surface area contributed by atoms with Crippen molar-refractivity contribution in [2.24, 2.45) is 5.41 Å². The number of imidazole rings is 1. The summed E-state index contributed by atoms with van der Waals surface area (Å²) in [7, 11) is 0. The lowest BCUT2D eigenvalue weighted by molar-refractivity contribution is -0.132. The second-order valence-corrected chi connectivity index (χ2v) is 11.7. The van der Waals surface area contributed by atoms with E-state index < -0.39 is 0 Å². The molecule has 9 nitrogen and oxygen atoms in total. The first-order valence-electron chi connectivity index (χ1n) is 13.9. The summed E-state index contributed by atoms with van der Waals surface area (Å²) in [6.45, 7) is 17.9. The number of nitrogens with one attached hydrogen (secondary N) is 2. The fraction of sp³-hybridized carbons (Fsp3) is 0.533. The van der Waals surface area contributed by atoms with Crippen molar-refractivity contribution in [1.82, 2.24) is 19.8 Å². The number of ether oxygens (including phenoxy) is 1. The molecule has 3 heterocycles. The fourth-order valence-corrected chi connectivity index (χ4v) is 6.14. The van der Waals surface area contributed by atoms with Gasteiger partial charge < -0.3 is 19.8 Å². The molecule has 39 heavy (non-hydrogen) atoms. The number of aromatic nitrogens is 2. The minimum atomic E-state index is -0.364. The van der Waals surface area contributed by atoms with Crippen molar-refractivity contribution < 1.29 is 14.3 Å². The number of carbonyl (C=O) groups excluding carboxylic acids is 2. The molecule has 2 fully saturated rings. The van der Waals surface area contributed by atoms with Gasteiger partial charge in [0, 0.05) is 57.6 Å². The van der Waals surface area contributed by atoms with E-state index in [0.717, 1.165) is 69.5 Å². The largest absolute Gasteiger partial charge is 0.381 e. The van der Waals surface area contributed by atoms with Crippen LogP contribution >= 0.6 is 0 Å². The van der Waals surface area contributed by atoms with Crippen molar-refractivity contribution in [2.75, 3.05) is 44.7 Å². The lowest BCUT2D eigenvalue weighted by Gasteiger charge is -2.50. The predicted molar refractivity (Wildman–Crippen MR) is 150 cm³/mol. The second kappa shape index (κ2) is 10.9. The van der Waals surface area contributed by atoms with E-state index in [2.05, 4.69) is 57.1 Å². The summed E-state index contributed by atoms with van der Waals surface area (Å²) in [5.74, 6) is 0.125. The normalized spacial score (nSPS) is 21.1. The highest BCUT2D eigenvalue weighted by Gasteiger charge is 2.42. The number of benzene rings is 1. The number of hydrogen-bond acceptors (Lipinski definition) is 5. The van der Waals surface area contributed by atoms with E-state index in [1.54, 1.807) is 6.92 Å². The fourth-order valence-electron chi connectivity index (χ4n) is 6.14. The van der Waals surface area contributed by atoms with Gasteiger partial charge in [-0.25, -0.2) is 4.98 Å². The number of aromatic amines is 1. The number of piperazine rings is 1. The van der Waals surface area contributed by atoms with Crippen LogP contribution in [0.25, 0.3) is 10.4 Å². The maximum Gasteiger partial charge on any atom is 0.314 e. The minimum absolute atomic E-state index is 0.124. The number of anilines is 1. The van der Waals surface area contributed by atoms with Crippen LogP contribution in [0.3, 0.4) is 0 Å². The molecule has 0 radical (unpaired) electrons. The number of hydrogen-bond donors (Lipinski definition) is 2. The monoisotopic (exact) mass is 530 g/mol. The molecule has 0 bridgehead atoms. The van der Waals surface area contributed by atoms with Crippen LogP contribution in [-0.2, 0) is 15.1 Å². The third-order valence-electron chi connectivity index (χ3n) is 8.67. The Kier molecular flexibility index (Phi) is 7.61. The second-order valence-electron chi connectivity index (χ2n) is 11.7. The van der Waals surface area contributed by atoms with Gasteiger partial charge in [0.25, 0.3) is 5.82 Å². The summed E-state index contributed by atoms with van der Waals surface area (Å²) in [5, 5.41) is 3.06. The summed E-state index contributed by atoms with van der Waals surface area (Å²) in [6, 6.07) is 6.43. The van der Waals surface area contributed by atoms with Gasteiger partial charge in [-0.15, -0.1) is 0 Å². The molecule has 0 unspecified atom stereocenters. The molecular formula is C30H38N6O3. The zero-order chi connectivity index (χ0) is 27.6. The minimum Gasteiger partial charge on any atom is -0.381 e. The number of H-pyrrole nitrogens is 1. The van der Waals surface area contributed by atoms with Gasteiger partial charge in [0.15, 0.2) is 0 Å². The highest BCUT2D eigenvalue weighted by molar-refractivity contribution is 6.03. The maximum absolute atomic E-state index is 13.1. The first-order chi connectivity index (χ1) is 18.7. The molecule has 2 amide bonds. The average molecular weight is 531 g/mol. The van der Waals surface area contributed by atoms with Gasteiger partial charge in [0.05, 0.1) is 11.7 Å². The van der Waals surface area contributed by atoms with Gasteiger partial charge >= 0.3 is 5.91 Å². The number of rotatable bonds is 5. The van der Waals surface area contributed by atoms with Crippen LogP contribution in [0.15, 0.2) is 30.5 Å². The molecular weight excluding hydrogens is 492 g/mol. The maximum atomic E-state index is 13.1. The lowest BCUT2D eigenvalue weighted by Crippen LogP contribution is -2.57. The Morgan fingerprint density at radius 1 is 1.13 bits per heavy atom. The summed E-state index contributed by atoms with van der Waals surface area (Å²) in [5.41, 5.74) is 4.34. The van der Waals surface area contributed by atoms with Crippen molar-refractivity contribution in [3.63, 3.8) is 0 Å². The Morgan fingerprint density at radius 2 is 1.87 bits per heavy atom. The third kappa shape index (κ3) is 5.63. The van der Waals surface area contributed by atoms with Gasteiger partial charge in [0.1, 0.15) is 0 Å². The zero-order valence-corrected chi connectivity index (χ0v) is 23.2. The SMILES string of the molecule is [C-]#[N+]c1cnc(C(=O)Nc2ccc(C3(N4CCN(C(C)=O)CC4)CCOCC3)cc2C2=CCC(C)(C)CC2)[nH]1. The van der Waals surface area contributed by atoms with Crippen molar-refractivity contribution in [2.45, 2.75) is 58.4 Å². The lowest BCUT2D eigenvalue weighted by atomic mass is 9.75. The Morgan fingerprint density at radius 3 is 2.49 bits per heavy atom. The number of allylic oxidation sites excluding steroid dienone is 2. The van der Waals surface area contributed by atoms with E-state index in [1.807, 2.05) is 11.0 Å². The van der Waals surface area contributed by atoms with Crippen LogP contribution in [0.1, 0.15) is 74.6 Å². The molecule has 3 aliphatic rings. The predicted octanol–water partition coefficient (Wildman–Crippen LogP) is 4.98. The molecule has 0 atom stereocenters. The summed E-state index contributed by atoms with van der Waals surface area (Å²) in [4.78, 5) is 39.7. The Bertz CT molecular complexity index is 1310. The van der Waals surface area contributed by atoms with Gasteiger partial charge in [-0.1, -0.05) is 32.6 Å². The quantitative estimate of drug-likeness (QED) is 0.532. The summed E-state index contributed by atoms with van der Waals surface area (Å²) >= 11 is 0. The molecule has 9 heteroatoms. The number of carbonyl (C=O) groups is 2. The van der Waals surface area contributed by atoms with Gasteiger partial charge in [-0.05, 0) is 60.8 Å². The van der Waals surface area contributed by atoms with E-state index >= 15 is 0 Å². The molecule has 1 aromatic carbocycles. The first kappa shape index (κ1) is 27.1. The van der Waals surface area contributed by atoms with E-state index in [-0.39, 0.29) is 34.4 Å². The molecule has 1 aromatic heterocycles. The molecule has 206 valence electrons. The van der Waals surface area contributed by atoms with Crippen LogP contribution in [0, 0.1) is 12.0 Å². The van der Waals surface area contributed by atoms with E-state index in [9.17, 15) is 9.59 Å². The standard InChI is InChI=1S/C30H38N6O3/c1-21(37)35-13-15-36(16-14-35)30(11-17-39-18-12-30)23-5-6-25(33-28(38)27-32-20-26(31-4)34-27)24(19-23)22-7-9-29(2,3)10-8-22/h5-7,19-20H,8-18H2,1-3H3,(H,32,34)(H,33,38). The topological polar surface area (TPSA) is 94.9 Å². The average Bonchev–Trinajstić information content (AvgIpc) is 3.44. The van der Waals surface area contributed by atoms with Gasteiger partial charge in [-0.2, -0.15) is 0 Å². The van der Waals surface area contributed by atoms with E-state index in [4.69, 9.17) is 11.3 Å². The molecule has 2 saturated heterocycles. The van der Waals surface area contributed by atoms with Crippen LogP contribution in [0.2, 0.25) is 0 Å². The van der Waals surface area contributed by atoms with Gasteiger partial charge in [-0.3, -0.25) is 19.5 Å². The van der Waals surface area contributed by atoms with Crippen molar-refractivity contribution >= 4 is 28.9 Å². The van der Waals surface area contributed by atoms with Crippen molar-refractivity contribution in [3.8, 4) is 0 Å². The molecule has 5 rings (SSSR count). The van der Waals surface area contributed by atoms with Crippen molar-refractivity contribution in [3.05, 3.63) is 58.8 Å². The Labute approximate surface area is 230 Å². The molecule has 0 saturated carbocycles. The third-order valence-corrected chi connectivity index (χ3v) is 8.67. The molecule has 2 aliphatic heterocycles. The van der Waals surface area contributed by atoms with Crippen LogP contribution in [0.5, 0.6) is 0 Å². The van der Waals surface area contributed by atoms with E-state index in [1.165, 1.54) is 17.3 Å². The highest BCUT2D eigenvalue weighted by Crippen LogP contribution is 2.44. The molecule has 1 aliphatic carbocycles. The summed E-state index contributed by atoms with van der Waals surface area (Å²) < 4.78 is 5.81. The highest BCUT2D eigenvalue weighted by atomic mass is 16.5. The van der Waals surface area contributed by atoms with Crippen LogP contribution in [-0.4, -0.2) is 71.0 Å². The number of amides is 2. The smallest absolute Gasteiger partial charge is 0.314 e. The molecule has 0 spiro atoms. The number of nitrogens with zero attached hydrogens (tertiary/aromatic N) is 4. The Balaban J connectivity index is 1.51. The van der Waals surface area contributed by atoms with Gasteiger partial charge in [0.2, 0.25) is 11.7 Å². The van der Waals surface area contributed by atoms with Crippen LogP contribution < -0.4 is 5.32 Å². The van der Waals surface area contributed by atoms with Crippen molar-refractivity contribution in [1.29, 1.82) is 0 Å². The molecule has 2 aromatic rings. The zero-order valence-electron chi connectivity index (χ0n) is 23.2. The Hall–Kier alpha value is -3.48.